The first kappa shape index (κ1) is 17.7. The monoisotopic (exact) mass is 364 g/mol. The summed E-state index contributed by atoms with van der Waals surface area (Å²) in [7, 11) is 0. The Balaban J connectivity index is 1.45. The zero-order chi connectivity index (χ0) is 18.9. The number of amides is 2. The van der Waals surface area contributed by atoms with Crippen LogP contribution in [0.4, 0.5) is 0 Å². The molecule has 1 aliphatic carbocycles. The van der Waals surface area contributed by atoms with Crippen LogP contribution in [0, 0.1) is 12.3 Å². The predicted octanol–water partition coefficient (Wildman–Crippen LogP) is 2.57. The third kappa shape index (κ3) is 4.02. The summed E-state index contributed by atoms with van der Waals surface area (Å²) >= 11 is 0. The molecule has 140 valence electrons. The lowest BCUT2D eigenvalue weighted by atomic mass is 9.92. The summed E-state index contributed by atoms with van der Waals surface area (Å²) < 4.78 is 0. The SMILES string of the molecule is C#CCCC1(CCC(=O)N2Cc3ccccc3C[C@H]2C(=O)NC2CC2)N=N1. The van der Waals surface area contributed by atoms with E-state index in [-0.39, 0.29) is 17.9 Å². The number of hydrogen-bond donors (Lipinski definition) is 1. The van der Waals surface area contributed by atoms with Gasteiger partial charge in [0, 0.05) is 44.7 Å². The van der Waals surface area contributed by atoms with Gasteiger partial charge < -0.3 is 10.2 Å². The Hall–Kier alpha value is -2.68. The van der Waals surface area contributed by atoms with Gasteiger partial charge in [-0.05, 0) is 24.0 Å². The van der Waals surface area contributed by atoms with Crippen molar-refractivity contribution in [2.75, 3.05) is 0 Å². The molecular formula is C21H24N4O2. The van der Waals surface area contributed by atoms with Crippen molar-refractivity contribution in [3.63, 3.8) is 0 Å². The number of benzene rings is 1. The van der Waals surface area contributed by atoms with Gasteiger partial charge in [-0.3, -0.25) is 9.59 Å². The largest absolute Gasteiger partial charge is 0.352 e. The van der Waals surface area contributed by atoms with E-state index in [1.165, 1.54) is 0 Å². The average molecular weight is 364 g/mol. The third-order valence-corrected chi connectivity index (χ3v) is 5.59. The van der Waals surface area contributed by atoms with E-state index in [9.17, 15) is 9.59 Å². The average Bonchev–Trinajstić information content (AvgIpc) is 3.61. The molecule has 4 rings (SSSR count). The fourth-order valence-corrected chi connectivity index (χ4v) is 3.66. The molecule has 0 spiro atoms. The topological polar surface area (TPSA) is 74.1 Å². The standard InChI is InChI=1S/C21H24N4O2/c1-2-3-11-21(23-24-21)12-10-19(26)25-14-16-7-5-4-6-15(16)13-18(25)20(27)22-17-8-9-17/h1,4-7,17-18H,3,8-14H2,(H,22,27)/t18-/m0/s1. The van der Waals surface area contributed by atoms with Gasteiger partial charge >= 0.3 is 0 Å². The van der Waals surface area contributed by atoms with Crippen LogP contribution in [-0.4, -0.2) is 34.5 Å². The van der Waals surface area contributed by atoms with Gasteiger partial charge in [0.25, 0.3) is 0 Å². The Labute approximate surface area is 159 Å². The van der Waals surface area contributed by atoms with Crippen LogP contribution in [0.5, 0.6) is 0 Å². The summed E-state index contributed by atoms with van der Waals surface area (Å²) in [6.45, 7) is 0.476. The second kappa shape index (κ2) is 7.15. The van der Waals surface area contributed by atoms with Crippen LogP contribution in [0.1, 0.15) is 49.7 Å². The van der Waals surface area contributed by atoms with Gasteiger partial charge in [-0.2, -0.15) is 10.2 Å². The molecule has 0 bridgehead atoms. The molecule has 0 saturated heterocycles. The molecule has 2 aliphatic heterocycles. The maximum absolute atomic E-state index is 13.0. The molecule has 0 unspecified atom stereocenters. The summed E-state index contributed by atoms with van der Waals surface area (Å²) in [6.07, 6.45) is 10.1. The normalized spacial score (nSPS) is 21.9. The molecule has 1 aromatic carbocycles. The number of terminal acetylenes is 1. The van der Waals surface area contributed by atoms with Gasteiger partial charge in [-0.15, -0.1) is 12.3 Å². The Morgan fingerprint density at radius 2 is 1.96 bits per heavy atom. The van der Waals surface area contributed by atoms with E-state index >= 15 is 0 Å². The first-order valence-corrected chi connectivity index (χ1v) is 9.64. The van der Waals surface area contributed by atoms with Crippen molar-refractivity contribution >= 4 is 11.8 Å². The second-order valence-corrected chi connectivity index (χ2v) is 7.68. The molecule has 6 nitrogen and oxygen atoms in total. The zero-order valence-corrected chi connectivity index (χ0v) is 15.4. The van der Waals surface area contributed by atoms with E-state index in [2.05, 4.69) is 21.5 Å². The number of carbonyl (C=O) groups excluding carboxylic acids is 2. The minimum Gasteiger partial charge on any atom is -0.352 e. The van der Waals surface area contributed by atoms with Gasteiger partial charge in [-0.1, -0.05) is 24.3 Å². The molecule has 1 N–H and O–H groups in total. The highest BCUT2D eigenvalue weighted by Crippen LogP contribution is 2.38. The van der Waals surface area contributed by atoms with E-state index in [1.807, 2.05) is 24.3 Å². The molecule has 27 heavy (non-hydrogen) atoms. The van der Waals surface area contributed by atoms with Gasteiger partial charge in [0.05, 0.1) is 0 Å². The van der Waals surface area contributed by atoms with Crippen LogP contribution in [0.25, 0.3) is 0 Å². The maximum Gasteiger partial charge on any atom is 0.243 e. The van der Waals surface area contributed by atoms with Crippen molar-refractivity contribution in [3.05, 3.63) is 35.4 Å². The van der Waals surface area contributed by atoms with E-state index in [1.54, 1.807) is 4.90 Å². The number of rotatable bonds is 7. The first-order chi connectivity index (χ1) is 13.1. The maximum atomic E-state index is 13.0. The van der Waals surface area contributed by atoms with Gasteiger partial charge in [-0.25, -0.2) is 0 Å². The van der Waals surface area contributed by atoms with Crippen LogP contribution in [0.15, 0.2) is 34.5 Å². The minimum absolute atomic E-state index is 0.0159. The predicted molar refractivity (Wildman–Crippen MR) is 101 cm³/mol. The van der Waals surface area contributed by atoms with Crippen LogP contribution in [-0.2, 0) is 22.6 Å². The molecule has 2 amide bonds. The summed E-state index contributed by atoms with van der Waals surface area (Å²) in [5.41, 5.74) is 1.79. The third-order valence-electron chi connectivity index (χ3n) is 5.59. The van der Waals surface area contributed by atoms with Crippen molar-refractivity contribution < 1.29 is 9.59 Å². The fourth-order valence-electron chi connectivity index (χ4n) is 3.66. The zero-order valence-electron chi connectivity index (χ0n) is 15.4. The van der Waals surface area contributed by atoms with Crippen LogP contribution < -0.4 is 5.32 Å². The van der Waals surface area contributed by atoms with Crippen LogP contribution in [0.2, 0.25) is 0 Å². The minimum atomic E-state index is -0.471. The fraction of sp³-hybridized carbons (Fsp3) is 0.524. The van der Waals surface area contributed by atoms with Crippen LogP contribution in [0.3, 0.4) is 0 Å². The van der Waals surface area contributed by atoms with Crippen molar-refractivity contribution in [3.8, 4) is 12.3 Å². The number of fused-ring (bicyclic) bond motifs is 1. The molecule has 1 saturated carbocycles. The van der Waals surface area contributed by atoms with E-state index in [0.717, 1.165) is 24.0 Å². The summed E-state index contributed by atoms with van der Waals surface area (Å²) in [5.74, 6) is 2.55. The highest BCUT2D eigenvalue weighted by molar-refractivity contribution is 5.89. The summed E-state index contributed by atoms with van der Waals surface area (Å²) in [6, 6.07) is 7.88. The second-order valence-electron chi connectivity index (χ2n) is 7.68. The quantitative estimate of drug-likeness (QED) is 0.755. The van der Waals surface area contributed by atoms with Crippen LogP contribution >= 0.6 is 0 Å². The molecule has 6 heteroatoms. The Bertz CT molecular complexity index is 816. The highest BCUT2D eigenvalue weighted by atomic mass is 16.2. The first-order valence-electron chi connectivity index (χ1n) is 9.64. The highest BCUT2D eigenvalue weighted by Gasteiger charge is 2.41. The van der Waals surface area contributed by atoms with Gasteiger partial charge in [0.1, 0.15) is 6.04 Å². The molecule has 3 aliphatic rings. The molecule has 0 radical (unpaired) electrons. The number of nitrogens with one attached hydrogen (secondary N) is 1. The smallest absolute Gasteiger partial charge is 0.243 e. The number of carbonyl (C=O) groups is 2. The molecule has 1 aromatic rings. The van der Waals surface area contributed by atoms with Crippen molar-refractivity contribution in [2.45, 2.75) is 69.2 Å². The molecule has 0 aromatic heterocycles. The molecule has 1 fully saturated rings. The Kier molecular flexibility index (Phi) is 4.69. The van der Waals surface area contributed by atoms with Crippen molar-refractivity contribution in [1.29, 1.82) is 0 Å². The lowest BCUT2D eigenvalue weighted by Crippen LogP contribution is -2.53. The van der Waals surface area contributed by atoms with E-state index in [4.69, 9.17) is 6.42 Å². The molecule has 2 heterocycles. The Morgan fingerprint density at radius 1 is 1.22 bits per heavy atom. The molecule has 1 atom stereocenters. The number of hydrogen-bond acceptors (Lipinski definition) is 4. The van der Waals surface area contributed by atoms with Crippen molar-refractivity contribution in [2.24, 2.45) is 10.2 Å². The molecular weight excluding hydrogens is 340 g/mol. The van der Waals surface area contributed by atoms with Gasteiger partial charge in [0.2, 0.25) is 11.8 Å². The summed E-state index contributed by atoms with van der Waals surface area (Å²) in [5, 5.41) is 11.3. The summed E-state index contributed by atoms with van der Waals surface area (Å²) in [4.78, 5) is 27.5. The lowest BCUT2D eigenvalue weighted by molar-refractivity contribution is -0.142. The Morgan fingerprint density at radius 3 is 2.63 bits per heavy atom. The number of nitrogens with zero attached hydrogens (tertiary/aromatic N) is 3. The van der Waals surface area contributed by atoms with Gasteiger partial charge in [0.15, 0.2) is 5.66 Å². The van der Waals surface area contributed by atoms with Crippen molar-refractivity contribution in [1.82, 2.24) is 10.2 Å². The van der Waals surface area contributed by atoms with E-state index < -0.39 is 11.7 Å². The van der Waals surface area contributed by atoms with E-state index in [0.29, 0.717) is 38.6 Å². The lowest BCUT2D eigenvalue weighted by Gasteiger charge is -2.36.